The molecular weight excluding hydrogens is 132 g/mol. The van der Waals surface area contributed by atoms with Crippen molar-refractivity contribution in [1.29, 1.82) is 0 Å². The van der Waals surface area contributed by atoms with Gasteiger partial charge in [0.05, 0.1) is 0 Å². The van der Waals surface area contributed by atoms with Crippen molar-refractivity contribution in [3.63, 3.8) is 0 Å². The van der Waals surface area contributed by atoms with Crippen LogP contribution in [0.3, 0.4) is 0 Å². The van der Waals surface area contributed by atoms with Crippen molar-refractivity contribution in [2.24, 2.45) is 0 Å². The van der Waals surface area contributed by atoms with E-state index in [1.807, 2.05) is 0 Å². The summed E-state index contributed by atoms with van der Waals surface area (Å²) in [5.41, 5.74) is 3.99. The molecule has 0 saturated heterocycles. The van der Waals surface area contributed by atoms with E-state index in [2.05, 4.69) is 52.8 Å². The molecule has 0 aromatic rings. The first-order chi connectivity index (χ1) is 5.06. The van der Waals surface area contributed by atoms with Gasteiger partial charge in [-0.1, -0.05) is 34.9 Å². The average Bonchev–Trinajstić information content (AvgIpc) is 1.85. The summed E-state index contributed by atoms with van der Waals surface area (Å²) in [6, 6.07) is 0. The van der Waals surface area contributed by atoms with Gasteiger partial charge in [0, 0.05) is 0 Å². The molecular formula is C11H18. The summed E-state index contributed by atoms with van der Waals surface area (Å²) in [4.78, 5) is 0. The predicted molar refractivity (Wildman–Crippen MR) is 52.6 cm³/mol. The lowest BCUT2D eigenvalue weighted by molar-refractivity contribution is 1.33. The molecule has 0 saturated carbocycles. The highest BCUT2D eigenvalue weighted by Gasteiger charge is 1.84. The van der Waals surface area contributed by atoms with Crippen molar-refractivity contribution in [1.82, 2.24) is 0 Å². The van der Waals surface area contributed by atoms with E-state index in [1.165, 1.54) is 16.7 Å². The van der Waals surface area contributed by atoms with E-state index >= 15 is 0 Å². The van der Waals surface area contributed by atoms with Gasteiger partial charge in [0.25, 0.3) is 0 Å². The van der Waals surface area contributed by atoms with E-state index in [0.717, 1.165) is 0 Å². The minimum atomic E-state index is 1.32. The van der Waals surface area contributed by atoms with E-state index in [0.29, 0.717) is 0 Å². The summed E-state index contributed by atoms with van der Waals surface area (Å²) < 4.78 is 0. The molecule has 0 amide bonds. The Morgan fingerprint density at radius 3 is 1.73 bits per heavy atom. The lowest BCUT2D eigenvalue weighted by atomic mass is 10.1. The normalized spacial score (nSPS) is 13.2. The molecule has 0 spiro atoms. The Hall–Kier alpha value is -0.780. The number of rotatable bonds is 2. The molecule has 11 heavy (non-hydrogen) atoms. The van der Waals surface area contributed by atoms with Gasteiger partial charge < -0.3 is 0 Å². The van der Waals surface area contributed by atoms with Crippen LogP contribution in [-0.4, -0.2) is 0 Å². The topological polar surface area (TPSA) is 0 Å². The Balaban J connectivity index is 4.36. The summed E-state index contributed by atoms with van der Waals surface area (Å²) in [5, 5.41) is 0. The monoisotopic (exact) mass is 150 g/mol. The zero-order valence-corrected chi connectivity index (χ0v) is 8.23. The van der Waals surface area contributed by atoms with Gasteiger partial charge in [0.1, 0.15) is 0 Å². The molecule has 0 aromatic heterocycles. The summed E-state index contributed by atoms with van der Waals surface area (Å²) in [6.45, 7) is 10.5. The summed E-state index contributed by atoms with van der Waals surface area (Å²) in [7, 11) is 0. The van der Waals surface area contributed by atoms with Crippen LogP contribution in [0.25, 0.3) is 0 Å². The number of allylic oxidation sites excluding steroid dienone is 6. The van der Waals surface area contributed by atoms with Gasteiger partial charge in [-0.05, 0) is 34.6 Å². The van der Waals surface area contributed by atoms with Gasteiger partial charge in [0.15, 0.2) is 0 Å². The van der Waals surface area contributed by atoms with Crippen molar-refractivity contribution in [3.8, 4) is 0 Å². The van der Waals surface area contributed by atoms with E-state index in [1.54, 1.807) is 0 Å². The first-order valence-corrected chi connectivity index (χ1v) is 4.02. The van der Waals surface area contributed by atoms with Gasteiger partial charge in [-0.25, -0.2) is 0 Å². The van der Waals surface area contributed by atoms with Gasteiger partial charge >= 0.3 is 0 Å². The first-order valence-electron chi connectivity index (χ1n) is 4.02. The molecule has 0 atom stereocenters. The molecule has 0 nitrogen and oxygen atoms in total. The summed E-state index contributed by atoms with van der Waals surface area (Å²) >= 11 is 0. The molecule has 0 bridgehead atoms. The van der Waals surface area contributed by atoms with E-state index in [-0.39, 0.29) is 0 Å². The van der Waals surface area contributed by atoms with Gasteiger partial charge in [0.2, 0.25) is 0 Å². The zero-order valence-electron chi connectivity index (χ0n) is 8.23. The molecule has 0 aromatic carbocycles. The Morgan fingerprint density at radius 1 is 0.818 bits per heavy atom. The Kier molecular flexibility index (Phi) is 4.60. The van der Waals surface area contributed by atoms with Crippen LogP contribution in [-0.2, 0) is 0 Å². The fraction of sp³-hybridized carbons (Fsp3) is 0.455. The minimum Gasteiger partial charge on any atom is -0.0847 e. The lowest BCUT2D eigenvalue weighted by Gasteiger charge is -1.94. The van der Waals surface area contributed by atoms with Crippen LogP contribution in [0.15, 0.2) is 34.9 Å². The number of hydrogen-bond donors (Lipinski definition) is 0. The third kappa shape index (κ3) is 5.65. The second-order valence-electron chi connectivity index (χ2n) is 3.14. The first kappa shape index (κ1) is 10.2. The maximum absolute atomic E-state index is 2.19. The molecule has 0 heteroatoms. The highest BCUT2D eigenvalue weighted by Crippen LogP contribution is 2.05. The molecule has 0 N–H and O–H groups in total. The maximum atomic E-state index is 2.19. The Bertz CT molecular complexity index is 198. The second kappa shape index (κ2) is 4.95. The van der Waals surface area contributed by atoms with E-state index in [4.69, 9.17) is 0 Å². The van der Waals surface area contributed by atoms with Gasteiger partial charge in [-0.15, -0.1) is 0 Å². The third-order valence-corrected chi connectivity index (χ3v) is 1.43. The van der Waals surface area contributed by atoms with Crippen molar-refractivity contribution >= 4 is 0 Å². The molecule has 62 valence electrons. The van der Waals surface area contributed by atoms with Crippen molar-refractivity contribution in [2.75, 3.05) is 0 Å². The van der Waals surface area contributed by atoms with Crippen LogP contribution in [0.2, 0.25) is 0 Å². The summed E-state index contributed by atoms with van der Waals surface area (Å²) in [6.07, 6.45) is 6.49. The maximum Gasteiger partial charge on any atom is -0.0398 e. The van der Waals surface area contributed by atoms with Crippen LogP contribution >= 0.6 is 0 Å². The van der Waals surface area contributed by atoms with Crippen LogP contribution in [0, 0.1) is 0 Å². The smallest absolute Gasteiger partial charge is 0.0398 e. The highest BCUT2D eigenvalue weighted by molar-refractivity contribution is 5.28. The standard InChI is InChI=1S/C11H18/c1-6-10(4)8-11(5)7-9(2)3/h6-8H,1-5H3/b10-6?,11-8+. The minimum absolute atomic E-state index is 1.32. The zero-order chi connectivity index (χ0) is 8.85. The quantitative estimate of drug-likeness (QED) is 0.524. The van der Waals surface area contributed by atoms with Crippen molar-refractivity contribution in [2.45, 2.75) is 34.6 Å². The molecule has 0 rings (SSSR count). The molecule has 0 unspecified atom stereocenters. The number of hydrogen-bond acceptors (Lipinski definition) is 0. The second-order valence-corrected chi connectivity index (χ2v) is 3.14. The molecule has 0 fully saturated rings. The van der Waals surface area contributed by atoms with Crippen LogP contribution in [0.1, 0.15) is 34.6 Å². The highest BCUT2D eigenvalue weighted by atomic mass is 13.9. The van der Waals surface area contributed by atoms with Gasteiger partial charge in [-0.3, -0.25) is 0 Å². The molecule has 0 aliphatic carbocycles. The fourth-order valence-corrected chi connectivity index (χ4v) is 0.939. The van der Waals surface area contributed by atoms with Crippen molar-refractivity contribution < 1.29 is 0 Å². The summed E-state index contributed by atoms with van der Waals surface area (Å²) in [5.74, 6) is 0. The lowest BCUT2D eigenvalue weighted by Crippen LogP contribution is -1.73. The van der Waals surface area contributed by atoms with Crippen LogP contribution in [0.5, 0.6) is 0 Å². The largest absolute Gasteiger partial charge is 0.0847 e. The van der Waals surface area contributed by atoms with Crippen molar-refractivity contribution in [3.05, 3.63) is 34.9 Å². The Morgan fingerprint density at radius 2 is 1.36 bits per heavy atom. The fourth-order valence-electron chi connectivity index (χ4n) is 0.939. The van der Waals surface area contributed by atoms with E-state index in [9.17, 15) is 0 Å². The third-order valence-electron chi connectivity index (χ3n) is 1.43. The predicted octanol–water partition coefficient (Wildman–Crippen LogP) is 3.87. The molecule has 0 radical (unpaired) electrons. The van der Waals surface area contributed by atoms with Crippen LogP contribution in [0.4, 0.5) is 0 Å². The van der Waals surface area contributed by atoms with E-state index < -0.39 is 0 Å². The molecule has 0 heterocycles. The van der Waals surface area contributed by atoms with Gasteiger partial charge in [-0.2, -0.15) is 0 Å². The molecule has 0 aliphatic heterocycles. The molecule has 0 aliphatic rings. The SMILES string of the molecule is CC=C(C)/C=C(\C)C=C(C)C. The van der Waals surface area contributed by atoms with Crippen LogP contribution < -0.4 is 0 Å². The average molecular weight is 150 g/mol. The Labute approximate surface area is 70.3 Å².